The van der Waals surface area contributed by atoms with Gasteiger partial charge in [-0.15, -0.1) is 21.5 Å². The molecule has 0 bridgehead atoms. The number of aromatic nitrogens is 2. The van der Waals surface area contributed by atoms with Crippen LogP contribution in [0.2, 0.25) is 0 Å². The molecule has 0 aliphatic heterocycles. The lowest BCUT2D eigenvalue weighted by atomic mass is 10.2. The third kappa shape index (κ3) is 5.40. The second-order valence-corrected chi connectivity index (χ2v) is 7.80. The molecule has 6 nitrogen and oxygen atoms in total. The van der Waals surface area contributed by atoms with E-state index in [1.807, 2.05) is 78.3 Å². The molecule has 0 radical (unpaired) electrons. The zero-order valence-electron chi connectivity index (χ0n) is 15.2. The van der Waals surface area contributed by atoms with Gasteiger partial charge in [-0.05, 0) is 47.8 Å². The van der Waals surface area contributed by atoms with Crippen LogP contribution in [0.3, 0.4) is 0 Å². The summed E-state index contributed by atoms with van der Waals surface area (Å²) in [5.74, 6) is 0.464. The van der Waals surface area contributed by atoms with E-state index < -0.39 is 0 Å². The van der Waals surface area contributed by atoms with E-state index in [1.165, 1.54) is 11.8 Å². The summed E-state index contributed by atoms with van der Waals surface area (Å²) in [4.78, 5) is 17.6. The number of para-hydroxylation sites is 1. The molecule has 0 unspecified atom stereocenters. The van der Waals surface area contributed by atoms with Gasteiger partial charge in [-0.1, -0.05) is 36.0 Å². The van der Waals surface area contributed by atoms with Crippen LogP contribution in [0.5, 0.6) is 0 Å². The first-order valence-electron chi connectivity index (χ1n) is 8.75. The number of hydrogen-bond donors (Lipinski definition) is 1. The summed E-state index contributed by atoms with van der Waals surface area (Å²) in [6.45, 7) is 0. The van der Waals surface area contributed by atoms with E-state index >= 15 is 0 Å². The Morgan fingerprint density at radius 2 is 1.90 bits per heavy atom. The summed E-state index contributed by atoms with van der Waals surface area (Å²) in [5.41, 5.74) is 2.40. The average Bonchev–Trinajstić information content (AvgIpc) is 3.44. The summed E-state index contributed by atoms with van der Waals surface area (Å²) in [7, 11) is 0. The van der Waals surface area contributed by atoms with Crippen molar-refractivity contribution in [3.8, 4) is 11.5 Å². The Labute approximate surface area is 175 Å². The van der Waals surface area contributed by atoms with Crippen molar-refractivity contribution in [2.24, 2.45) is 4.99 Å². The lowest BCUT2D eigenvalue weighted by Gasteiger charge is -2.02. The summed E-state index contributed by atoms with van der Waals surface area (Å²) >= 11 is 2.84. The Morgan fingerprint density at radius 3 is 2.66 bits per heavy atom. The molecular formula is C21H16N4O2S2. The number of nitrogens with zero attached hydrogens (tertiary/aromatic N) is 3. The molecule has 1 amide bonds. The van der Waals surface area contributed by atoms with Crippen LogP contribution < -0.4 is 5.32 Å². The van der Waals surface area contributed by atoms with Gasteiger partial charge in [0.05, 0.1) is 11.4 Å². The van der Waals surface area contributed by atoms with Crippen molar-refractivity contribution in [1.29, 1.82) is 0 Å². The molecule has 29 heavy (non-hydrogen) atoms. The van der Waals surface area contributed by atoms with Gasteiger partial charge in [-0.2, -0.15) is 0 Å². The molecule has 8 heteroatoms. The number of amides is 1. The van der Waals surface area contributed by atoms with Crippen molar-refractivity contribution >= 4 is 46.6 Å². The number of nitrogens with one attached hydrogen (secondary N) is 1. The summed E-state index contributed by atoms with van der Waals surface area (Å²) < 4.78 is 5.65. The number of anilines is 1. The second-order valence-electron chi connectivity index (χ2n) is 5.90. The highest BCUT2D eigenvalue weighted by Gasteiger charge is 2.11. The zero-order chi connectivity index (χ0) is 19.9. The van der Waals surface area contributed by atoms with E-state index in [9.17, 15) is 4.79 Å². The molecule has 0 spiro atoms. The summed E-state index contributed by atoms with van der Waals surface area (Å²) in [6.07, 6.45) is 1.83. The average molecular weight is 421 g/mol. The molecule has 144 valence electrons. The first-order chi connectivity index (χ1) is 14.3. The van der Waals surface area contributed by atoms with Gasteiger partial charge in [0.2, 0.25) is 11.8 Å². The second kappa shape index (κ2) is 9.31. The number of benzene rings is 2. The molecule has 0 aliphatic rings. The Kier molecular flexibility index (Phi) is 6.13. The fourth-order valence-corrected chi connectivity index (χ4v) is 3.57. The molecule has 0 saturated carbocycles. The molecule has 1 N–H and O–H groups in total. The molecule has 2 aromatic carbocycles. The molecule has 0 saturated heterocycles. The van der Waals surface area contributed by atoms with Gasteiger partial charge < -0.3 is 9.73 Å². The minimum atomic E-state index is -0.131. The SMILES string of the molecule is O=C(CSc1nnc(-c2ccc(N=Cc3cccs3)cc2)o1)Nc1ccccc1. The summed E-state index contributed by atoms with van der Waals surface area (Å²) in [5, 5.41) is 13.2. The standard InChI is InChI=1S/C21H16N4O2S2/c26-19(23-17-5-2-1-3-6-17)14-29-21-25-24-20(27-21)15-8-10-16(11-9-15)22-13-18-7-4-12-28-18/h1-13H,14H2,(H,23,26). The zero-order valence-corrected chi connectivity index (χ0v) is 16.8. The largest absolute Gasteiger partial charge is 0.411 e. The van der Waals surface area contributed by atoms with Crippen LogP contribution in [0.4, 0.5) is 11.4 Å². The van der Waals surface area contributed by atoms with Crippen molar-refractivity contribution in [2.45, 2.75) is 5.22 Å². The highest BCUT2D eigenvalue weighted by atomic mass is 32.2. The van der Waals surface area contributed by atoms with Crippen LogP contribution in [-0.4, -0.2) is 28.1 Å². The van der Waals surface area contributed by atoms with Crippen LogP contribution >= 0.6 is 23.1 Å². The minimum Gasteiger partial charge on any atom is -0.411 e. The van der Waals surface area contributed by atoms with E-state index in [4.69, 9.17) is 4.42 Å². The lowest BCUT2D eigenvalue weighted by molar-refractivity contribution is -0.113. The van der Waals surface area contributed by atoms with Gasteiger partial charge in [-0.25, -0.2) is 0 Å². The first-order valence-corrected chi connectivity index (χ1v) is 10.6. The monoisotopic (exact) mass is 420 g/mol. The Morgan fingerprint density at radius 1 is 1.07 bits per heavy atom. The Hall–Kier alpha value is -3.23. The molecule has 2 aromatic heterocycles. The van der Waals surface area contributed by atoms with E-state index in [0.29, 0.717) is 11.1 Å². The van der Waals surface area contributed by atoms with Crippen molar-refractivity contribution in [1.82, 2.24) is 10.2 Å². The maximum Gasteiger partial charge on any atom is 0.277 e. The van der Waals surface area contributed by atoms with E-state index in [2.05, 4.69) is 20.5 Å². The smallest absolute Gasteiger partial charge is 0.277 e. The van der Waals surface area contributed by atoms with Gasteiger partial charge in [-0.3, -0.25) is 9.79 Å². The fraction of sp³-hybridized carbons (Fsp3) is 0.0476. The van der Waals surface area contributed by atoms with Gasteiger partial charge in [0, 0.05) is 22.3 Å². The third-order valence-electron chi connectivity index (χ3n) is 3.79. The van der Waals surface area contributed by atoms with Crippen LogP contribution in [0.15, 0.2) is 86.7 Å². The number of thiophene rings is 1. The van der Waals surface area contributed by atoms with E-state index in [1.54, 1.807) is 11.3 Å². The molecule has 4 rings (SSSR count). The van der Waals surface area contributed by atoms with Crippen molar-refractivity contribution in [2.75, 3.05) is 11.1 Å². The fourth-order valence-electron chi connectivity index (χ4n) is 2.42. The number of hydrogen-bond acceptors (Lipinski definition) is 7. The predicted molar refractivity (Wildman–Crippen MR) is 117 cm³/mol. The molecular weight excluding hydrogens is 404 g/mol. The number of carbonyl (C=O) groups is 1. The van der Waals surface area contributed by atoms with Crippen LogP contribution in [0.25, 0.3) is 11.5 Å². The van der Waals surface area contributed by atoms with E-state index in [0.717, 1.165) is 21.8 Å². The molecule has 4 aromatic rings. The van der Waals surface area contributed by atoms with Crippen molar-refractivity contribution in [3.05, 3.63) is 77.0 Å². The van der Waals surface area contributed by atoms with Crippen LogP contribution in [0, 0.1) is 0 Å². The first kappa shape index (κ1) is 19.1. The molecule has 0 aliphatic carbocycles. The number of aliphatic imine (C=N–C) groups is 1. The van der Waals surface area contributed by atoms with E-state index in [-0.39, 0.29) is 11.7 Å². The topological polar surface area (TPSA) is 80.4 Å². The third-order valence-corrected chi connectivity index (χ3v) is 5.41. The van der Waals surface area contributed by atoms with Crippen LogP contribution in [0.1, 0.15) is 4.88 Å². The highest BCUT2D eigenvalue weighted by molar-refractivity contribution is 7.99. The van der Waals surface area contributed by atoms with Crippen LogP contribution in [-0.2, 0) is 4.79 Å². The lowest BCUT2D eigenvalue weighted by Crippen LogP contribution is -2.13. The quantitative estimate of drug-likeness (QED) is 0.325. The van der Waals surface area contributed by atoms with Gasteiger partial charge in [0.1, 0.15) is 0 Å². The summed E-state index contributed by atoms with van der Waals surface area (Å²) in [6, 6.07) is 20.9. The molecule has 2 heterocycles. The Balaban J connectivity index is 1.33. The maximum absolute atomic E-state index is 12.0. The normalized spacial score (nSPS) is 11.0. The highest BCUT2D eigenvalue weighted by Crippen LogP contribution is 2.25. The Bertz CT molecular complexity index is 1090. The molecule has 0 fully saturated rings. The van der Waals surface area contributed by atoms with Gasteiger partial charge in [0.15, 0.2) is 0 Å². The minimum absolute atomic E-state index is 0.131. The maximum atomic E-state index is 12.0. The molecule has 0 atom stereocenters. The van der Waals surface area contributed by atoms with Crippen molar-refractivity contribution in [3.63, 3.8) is 0 Å². The number of rotatable bonds is 7. The number of carbonyl (C=O) groups excluding carboxylic acids is 1. The predicted octanol–water partition coefficient (Wildman–Crippen LogP) is 5.28. The van der Waals surface area contributed by atoms with Gasteiger partial charge >= 0.3 is 0 Å². The van der Waals surface area contributed by atoms with Gasteiger partial charge in [0.25, 0.3) is 5.22 Å². The van der Waals surface area contributed by atoms with Crippen molar-refractivity contribution < 1.29 is 9.21 Å². The number of thioether (sulfide) groups is 1.